The lowest BCUT2D eigenvalue weighted by atomic mass is 10.1. The molecule has 0 aliphatic rings. The maximum absolute atomic E-state index is 11.2. The number of nitrogens with zero attached hydrogens (tertiary/aromatic N) is 1. The van der Waals surface area contributed by atoms with Crippen molar-refractivity contribution >= 4 is 11.1 Å². The molecule has 2 heterocycles. The summed E-state index contributed by atoms with van der Waals surface area (Å²) in [6.07, 6.45) is 0. The van der Waals surface area contributed by atoms with Crippen LogP contribution in [0.15, 0.2) is 38.3 Å². The SMILES string of the molecule is NCc1cc(=O)[nH]nc1-c1ccc2[nH]c(=O)oc2c1. The zero-order valence-electron chi connectivity index (χ0n) is 9.77. The van der Waals surface area contributed by atoms with E-state index in [9.17, 15) is 9.59 Å². The summed E-state index contributed by atoms with van der Waals surface area (Å²) >= 11 is 0. The number of rotatable bonds is 2. The van der Waals surface area contributed by atoms with Crippen LogP contribution in [0.5, 0.6) is 0 Å². The smallest absolute Gasteiger partial charge is 0.408 e. The van der Waals surface area contributed by atoms with Crippen molar-refractivity contribution in [3.05, 3.63) is 50.7 Å². The molecule has 7 nitrogen and oxygen atoms in total. The van der Waals surface area contributed by atoms with Crippen LogP contribution in [-0.2, 0) is 6.54 Å². The van der Waals surface area contributed by atoms with Crippen LogP contribution in [0.25, 0.3) is 22.4 Å². The highest BCUT2D eigenvalue weighted by atomic mass is 16.4. The van der Waals surface area contributed by atoms with Crippen LogP contribution in [0.1, 0.15) is 5.56 Å². The minimum absolute atomic E-state index is 0.196. The molecule has 0 saturated heterocycles. The summed E-state index contributed by atoms with van der Waals surface area (Å²) in [7, 11) is 0. The monoisotopic (exact) mass is 258 g/mol. The molecule has 19 heavy (non-hydrogen) atoms. The van der Waals surface area contributed by atoms with E-state index in [1.54, 1.807) is 18.2 Å². The van der Waals surface area contributed by atoms with Gasteiger partial charge in [0, 0.05) is 18.2 Å². The van der Waals surface area contributed by atoms with Gasteiger partial charge in [-0.25, -0.2) is 9.89 Å². The van der Waals surface area contributed by atoms with Crippen LogP contribution >= 0.6 is 0 Å². The summed E-state index contributed by atoms with van der Waals surface area (Å²) in [5.74, 6) is -0.513. The molecule has 0 aliphatic heterocycles. The van der Waals surface area contributed by atoms with Crippen molar-refractivity contribution in [3.8, 4) is 11.3 Å². The lowest BCUT2D eigenvalue weighted by molar-refractivity contribution is 0.555. The van der Waals surface area contributed by atoms with E-state index < -0.39 is 5.76 Å². The molecule has 0 radical (unpaired) electrons. The number of nitrogens with one attached hydrogen (secondary N) is 2. The third-order valence-electron chi connectivity index (χ3n) is 2.80. The molecule has 0 unspecified atom stereocenters. The molecule has 96 valence electrons. The minimum atomic E-state index is -0.513. The van der Waals surface area contributed by atoms with E-state index in [1.165, 1.54) is 6.07 Å². The molecular weight excluding hydrogens is 248 g/mol. The number of fused-ring (bicyclic) bond motifs is 1. The van der Waals surface area contributed by atoms with Crippen LogP contribution in [-0.4, -0.2) is 15.2 Å². The Morgan fingerprint density at radius 2 is 2.11 bits per heavy atom. The molecule has 0 spiro atoms. The zero-order chi connectivity index (χ0) is 13.4. The predicted octanol–water partition coefficient (Wildman–Crippen LogP) is 0.330. The van der Waals surface area contributed by atoms with Crippen molar-refractivity contribution < 1.29 is 4.42 Å². The van der Waals surface area contributed by atoms with Crippen molar-refractivity contribution in [2.24, 2.45) is 5.73 Å². The average Bonchev–Trinajstić information content (AvgIpc) is 2.77. The molecule has 0 bridgehead atoms. The van der Waals surface area contributed by atoms with Gasteiger partial charge in [0.25, 0.3) is 5.56 Å². The highest BCUT2D eigenvalue weighted by Crippen LogP contribution is 2.23. The summed E-state index contributed by atoms with van der Waals surface area (Å²) in [6, 6.07) is 6.56. The summed E-state index contributed by atoms with van der Waals surface area (Å²) in [4.78, 5) is 24.9. The summed E-state index contributed by atoms with van der Waals surface area (Å²) in [5, 5.41) is 6.35. The predicted molar refractivity (Wildman–Crippen MR) is 68.6 cm³/mol. The van der Waals surface area contributed by atoms with Gasteiger partial charge in [-0.2, -0.15) is 5.10 Å². The third-order valence-corrected chi connectivity index (χ3v) is 2.80. The van der Waals surface area contributed by atoms with Gasteiger partial charge in [-0.05, 0) is 17.7 Å². The Labute approximate surface area is 106 Å². The molecule has 3 aromatic rings. The van der Waals surface area contributed by atoms with Gasteiger partial charge in [-0.15, -0.1) is 0 Å². The van der Waals surface area contributed by atoms with Gasteiger partial charge in [0.15, 0.2) is 5.58 Å². The normalized spacial score (nSPS) is 11.0. The molecule has 0 amide bonds. The number of hydrogen-bond donors (Lipinski definition) is 3. The van der Waals surface area contributed by atoms with Crippen molar-refractivity contribution in [1.82, 2.24) is 15.2 Å². The van der Waals surface area contributed by atoms with Crippen molar-refractivity contribution in [2.45, 2.75) is 6.54 Å². The quantitative estimate of drug-likeness (QED) is 0.612. The lowest BCUT2D eigenvalue weighted by Crippen LogP contribution is -2.12. The first kappa shape index (κ1) is 11.4. The van der Waals surface area contributed by atoms with E-state index in [0.717, 1.165) is 0 Å². The zero-order valence-corrected chi connectivity index (χ0v) is 9.77. The van der Waals surface area contributed by atoms with Crippen LogP contribution in [0.4, 0.5) is 0 Å². The van der Waals surface area contributed by atoms with Crippen LogP contribution in [0, 0.1) is 0 Å². The number of hydrogen-bond acceptors (Lipinski definition) is 5. The summed E-state index contributed by atoms with van der Waals surface area (Å²) in [6.45, 7) is 0.196. The number of benzene rings is 1. The molecule has 1 aromatic carbocycles. The minimum Gasteiger partial charge on any atom is -0.408 e. The van der Waals surface area contributed by atoms with E-state index in [2.05, 4.69) is 15.2 Å². The van der Waals surface area contributed by atoms with E-state index in [0.29, 0.717) is 27.9 Å². The van der Waals surface area contributed by atoms with E-state index >= 15 is 0 Å². The fraction of sp³-hybridized carbons (Fsp3) is 0.0833. The number of aromatic amines is 2. The molecule has 0 aliphatic carbocycles. The molecule has 0 atom stereocenters. The first-order chi connectivity index (χ1) is 9.17. The fourth-order valence-electron chi connectivity index (χ4n) is 1.94. The first-order valence-electron chi connectivity index (χ1n) is 5.59. The lowest BCUT2D eigenvalue weighted by Gasteiger charge is -2.05. The van der Waals surface area contributed by atoms with Crippen molar-refractivity contribution in [3.63, 3.8) is 0 Å². The standard InChI is InChI=1S/C12H10N4O3/c13-5-7-4-10(17)15-16-11(7)6-1-2-8-9(3-6)19-12(18)14-8/h1-4H,5,13H2,(H,14,18)(H,15,17). The Balaban J connectivity index is 2.23. The van der Waals surface area contributed by atoms with Crippen LogP contribution in [0.2, 0.25) is 0 Å². The second-order valence-electron chi connectivity index (χ2n) is 4.04. The molecule has 3 rings (SSSR count). The van der Waals surface area contributed by atoms with E-state index in [-0.39, 0.29) is 12.1 Å². The van der Waals surface area contributed by atoms with Crippen LogP contribution < -0.4 is 17.0 Å². The molecular formula is C12H10N4O3. The largest absolute Gasteiger partial charge is 0.417 e. The van der Waals surface area contributed by atoms with Gasteiger partial charge >= 0.3 is 5.76 Å². The Kier molecular flexibility index (Phi) is 2.53. The van der Waals surface area contributed by atoms with Gasteiger partial charge in [-0.3, -0.25) is 9.78 Å². The molecule has 0 saturated carbocycles. The van der Waals surface area contributed by atoms with Gasteiger partial charge in [-0.1, -0.05) is 6.07 Å². The van der Waals surface area contributed by atoms with Crippen LogP contribution in [0.3, 0.4) is 0 Å². The number of H-pyrrole nitrogens is 2. The number of oxazole rings is 1. The summed E-state index contributed by atoms with van der Waals surface area (Å²) < 4.78 is 4.99. The Hall–Kier alpha value is -2.67. The molecule has 0 fully saturated rings. The molecule has 2 aromatic heterocycles. The Bertz CT molecular complexity index is 859. The molecule has 7 heteroatoms. The maximum Gasteiger partial charge on any atom is 0.417 e. The van der Waals surface area contributed by atoms with Crippen molar-refractivity contribution in [1.29, 1.82) is 0 Å². The van der Waals surface area contributed by atoms with Gasteiger partial charge in [0.1, 0.15) is 0 Å². The average molecular weight is 258 g/mol. The van der Waals surface area contributed by atoms with Gasteiger partial charge in [0.2, 0.25) is 0 Å². The van der Waals surface area contributed by atoms with Crippen molar-refractivity contribution in [2.75, 3.05) is 0 Å². The second kappa shape index (κ2) is 4.21. The maximum atomic E-state index is 11.2. The topological polar surface area (TPSA) is 118 Å². The highest BCUT2D eigenvalue weighted by molar-refractivity contribution is 5.79. The number of nitrogens with two attached hydrogens (primary N) is 1. The van der Waals surface area contributed by atoms with Gasteiger partial charge in [0.05, 0.1) is 11.2 Å². The Morgan fingerprint density at radius 1 is 1.26 bits per heavy atom. The Morgan fingerprint density at radius 3 is 2.89 bits per heavy atom. The van der Waals surface area contributed by atoms with E-state index in [1.807, 2.05) is 0 Å². The summed E-state index contributed by atoms with van der Waals surface area (Å²) in [5.41, 5.74) is 8.23. The van der Waals surface area contributed by atoms with E-state index in [4.69, 9.17) is 10.2 Å². The fourth-order valence-corrected chi connectivity index (χ4v) is 1.94. The first-order valence-corrected chi connectivity index (χ1v) is 5.59. The molecule has 4 N–H and O–H groups in total. The second-order valence-corrected chi connectivity index (χ2v) is 4.04. The number of aromatic nitrogens is 3. The third kappa shape index (κ3) is 1.95. The highest BCUT2D eigenvalue weighted by Gasteiger charge is 2.09. The van der Waals surface area contributed by atoms with Gasteiger partial charge < -0.3 is 10.2 Å².